The molecule has 5 nitrogen and oxygen atoms in total. The van der Waals surface area contributed by atoms with Gasteiger partial charge in [-0.05, 0) is 31.2 Å². The van der Waals surface area contributed by atoms with Crippen molar-refractivity contribution in [1.29, 1.82) is 0 Å². The molecule has 2 N–H and O–H groups in total. The fourth-order valence-electron chi connectivity index (χ4n) is 1.64. The molecule has 2 rings (SSSR count). The first kappa shape index (κ1) is 14.9. The van der Waals surface area contributed by atoms with E-state index in [1.54, 1.807) is 6.92 Å². The number of carboxylic acids is 1. The predicted octanol–water partition coefficient (Wildman–Crippen LogP) is 3.13. The van der Waals surface area contributed by atoms with Gasteiger partial charge in [-0.25, -0.2) is 9.18 Å². The van der Waals surface area contributed by atoms with E-state index in [1.165, 1.54) is 12.3 Å². The number of hydrogen-bond donors (Lipinski definition) is 2. The van der Waals surface area contributed by atoms with E-state index in [0.717, 1.165) is 18.2 Å². The summed E-state index contributed by atoms with van der Waals surface area (Å²) in [6.45, 7) is 1.71. The van der Waals surface area contributed by atoms with E-state index in [-0.39, 0.29) is 21.8 Å². The summed E-state index contributed by atoms with van der Waals surface area (Å²) in [5, 5.41) is 11.3. The first-order chi connectivity index (χ1) is 9.88. The van der Waals surface area contributed by atoms with E-state index in [9.17, 15) is 14.0 Å². The van der Waals surface area contributed by atoms with Gasteiger partial charge < -0.3 is 10.4 Å². The minimum atomic E-state index is -1.22. The van der Waals surface area contributed by atoms with Gasteiger partial charge in [-0.1, -0.05) is 11.6 Å². The Balaban J connectivity index is 2.31. The van der Waals surface area contributed by atoms with E-state index in [4.69, 9.17) is 16.7 Å². The molecular weight excluding hydrogens is 299 g/mol. The standard InChI is InChI=1S/C14H10ClFN2O3/c1-7-4-10(15)9(6-17-7)13(19)18-12-5-8(14(20)21)2-3-11(12)16/h2-6H,1H3,(H,18,19)(H,20,21). The molecule has 21 heavy (non-hydrogen) atoms. The van der Waals surface area contributed by atoms with Gasteiger partial charge in [-0.3, -0.25) is 9.78 Å². The second kappa shape index (κ2) is 5.88. The van der Waals surface area contributed by atoms with Gasteiger partial charge >= 0.3 is 5.97 Å². The molecule has 0 aliphatic heterocycles. The minimum absolute atomic E-state index is 0.0717. The van der Waals surface area contributed by atoms with Gasteiger partial charge in [0.15, 0.2) is 0 Å². The number of benzene rings is 1. The van der Waals surface area contributed by atoms with Crippen LogP contribution in [0.4, 0.5) is 10.1 Å². The average molecular weight is 309 g/mol. The third-order valence-electron chi connectivity index (χ3n) is 2.70. The predicted molar refractivity (Wildman–Crippen MR) is 75.3 cm³/mol. The van der Waals surface area contributed by atoms with Gasteiger partial charge in [0.25, 0.3) is 5.91 Å². The van der Waals surface area contributed by atoms with E-state index in [1.807, 2.05) is 0 Å². The van der Waals surface area contributed by atoms with Crippen LogP contribution in [-0.4, -0.2) is 22.0 Å². The summed E-state index contributed by atoms with van der Waals surface area (Å²) in [6, 6.07) is 4.60. The number of halogens is 2. The molecule has 0 radical (unpaired) electrons. The normalized spacial score (nSPS) is 10.2. The van der Waals surface area contributed by atoms with E-state index < -0.39 is 17.7 Å². The molecule has 0 aliphatic rings. The summed E-state index contributed by atoms with van der Waals surface area (Å²) >= 11 is 5.92. The van der Waals surface area contributed by atoms with E-state index >= 15 is 0 Å². The molecule has 0 atom stereocenters. The van der Waals surface area contributed by atoms with Crippen molar-refractivity contribution in [3.63, 3.8) is 0 Å². The van der Waals surface area contributed by atoms with Gasteiger partial charge in [-0.2, -0.15) is 0 Å². The summed E-state index contributed by atoms with van der Waals surface area (Å²) in [7, 11) is 0. The summed E-state index contributed by atoms with van der Waals surface area (Å²) in [5.41, 5.74) is 0.328. The Morgan fingerprint density at radius 2 is 2.05 bits per heavy atom. The van der Waals surface area contributed by atoms with Crippen molar-refractivity contribution in [2.75, 3.05) is 5.32 Å². The Morgan fingerprint density at radius 1 is 1.33 bits per heavy atom. The molecule has 0 fully saturated rings. The Morgan fingerprint density at radius 3 is 2.67 bits per heavy atom. The number of amides is 1. The lowest BCUT2D eigenvalue weighted by molar-refractivity contribution is 0.0696. The van der Waals surface area contributed by atoms with Crippen LogP contribution in [0, 0.1) is 12.7 Å². The summed E-state index contributed by atoms with van der Waals surface area (Å²) in [6.07, 6.45) is 1.27. The van der Waals surface area contributed by atoms with Crippen LogP contribution < -0.4 is 5.32 Å². The van der Waals surface area contributed by atoms with Crippen molar-refractivity contribution in [3.05, 3.63) is 58.1 Å². The van der Waals surface area contributed by atoms with Crippen LogP contribution in [0.2, 0.25) is 5.02 Å². The number of aromatic nitrogens is 1. The Kier molecular flexibility index (Phi) is 4.18. The quantitative estimate of drug-likeness (QED) is 0.913. The Labute approximate surface area is 124 Å². The van der Waals surface area contributed by atoms with Crippen LogP contribution in [0.15, 0.2) is 30.5 Å². The third kappa shape index (κ3) is 3.35. The van der Waals surface area contributed by atoms with Crippen molar-refractivity contribution in [2.45, 2.75) is 6.92 Å². The van der Waals surface area contributed by atoms with Crippen LogP contribution in [0.3, 0.4) is 0 Å². The lowest BCUT2D eigenvalue weighted by atomic mass is 10.2. The van der Waals surface area contributed by atoms with Gasteiger partial charge in [0.1, 0.15) is 5.82 Å². The lowest BCUT2D eigenvalue weighted by Crippen LogP contribution is -2.14. The number of pyridine rings is 1. The molecule has 1 aromatic carbocycles. The zero-order valence-corrected chi connectivity index (χ0v) is 11.6. The molecule has 0 aliphatic carbocycles. The second-order valence-electron chi connectivity index (χ2n) is 4.26. The highest BCUT2D eigenvalue weighted by molar-refractivity contribution is 6.34. The fraction of sp³-hybridized carbons (Fsp3) is 0.0714. The molecule has 108 valence electrons. The molecule has 1 amide bonds. The number of carboxylic acid groups (broad SMARTS) is 1. The number of hydrogen-bond acceptors (Lipinski definition) is 3. The maximum Gasteiger partial charge on any atom is 0.335 e. The molecule has 0 saturated carbocycles. The van der Waals surface area contributed by atoms with E-state index in [0.29, 0.717) is 5.69 Å². The van der Waals surface area contributed by atoms with Gasteiger partial charge in [0, 0.05) is 11.9 Å². The summed E-state index contributed by atoms with van der Waals surface area (Å²) in [4.78, 5) is 26.8. The summed E-state index contributed by atoms with van der Waals surface area (Å²) in [5.74, 6) is -2.64. The van der Waals surface area contributed by atoms with E-state index in [2.05, 4.69) is 10.3 Å². The summed E-state index contributed by atoms with van der Waals surface area (Å²) < 4.78 is 13.6. The SMILES string of the molecule is Cc1cc(Cl)c(C(=O)Nc2cc(C(=O)O)ccc2F)cn1. The smallest absolute Gasteiger partial charge is 0.335 e. The molecule has 0 spiro atoms. The molecule has 7 heteroatoms. The zero-order valence-electron chi connectivity index (χ0n) is 10.9. The van der Waals surface area contributed by atoms with Crippen molar-refractivity contribution in [2.24, 2.45) is 0 Å². The number of aryl methyl sites for hydroxylation is 1. The number of anilines is 1. The average Bonchev–Trinajstić information content (AvgIpc) is 2.40. The number of rotatable bonds is 3. The van der Waals surface area contributed by atoms with Crippen LogP contribution >= 0.6 is 11.6 Å². The van der Waals surface area contributed by atoms with Crippen molar-refractivity contribution in [3.8, 4) is 0 Å². The third-order valence-corrected chi connectivity index (χ3v) is 3.01. The molecule has 0 saturated heterocycles. The molecule has 2 aromatic rings. The minimum Gasteiger partial charge on any atom is -0.478 e. The second-order valence-corrected chi connectivity index (χ2v) is 4.67. The van der Waals surface area contributed by atoms with Crippen LogP contribution in [-0.2, 0) is 0 Å². The molecule has 0 bridgehead atoms. The molecule has 1 aromatic heterocycles. The van der Waals surface area contributed by atoms with Gasteiger partial charge in [0.05, 0.1) is 21.8 Å². The van der Waals surface area contributed by atoms with Crippen molar-refractivity contribution in [1.82, 2.24) is 4.98 Å². The Bertz CT molecular complexity index is 734. The fourth-order valence-corrected chi connectivity index (χ4v) is 1.93. The van der Waals surface area contributed by atoms with Gasteiger partial charge in [-0.15, -0.1) is 0 Å². The highest BCUT2D eigenvalue weighted by atomic mass is 35.5. The highest BCUT2D eigenvalue weighted by Gasteiger charge is 2.15. The Hall–Kier alpha value is -2.47. The van der Waals surface area contributed by atoms with Crippen LogP contribution in [0.1, 0.15) is 26.4 Å². The maximum atomic E-state index is 13.6. The van der Waals surface area contributed by atoms with Crippen LogP contribution in [0.5, 0.6) is 0 Å². The first-order valence-electron chi connectivity index (χ1n) is 5.85. The number of carbonyl (C=O) groups excluding carboxylic acids is 1. The highest BCUT2D eigenvalue weighted by Crippen LogP contribution is 2.20. The topological polar surface area (TPSA) is 79.3 Å². The number of nitrogens with one attached hydrogen (secondary N) is 1. The van der Waals surface area contributed by atoms with Gasteiger partial charge in [0.2, 0.25) is 0 Å². The first-order valence-corrected chi connectivity index (χ1v) is 6.22. The van der Waals surface area contributed by atoms with Crippen molar-refractivity contribution < 1.29 is 19.1 Å². The monoisotopic (exact) mass is 308 g/mol. The lowest BCUT2D eigenvalue weighted by Gasteiger charge is -2.08. The zero-order chi connectivity index (χ0) is 15.6. The number of aromatic carboxylic acids is 1. The largest absolute Gasteiger partial charge is 0.478 e. The molecule has 0 unspecified atom stereocenters. The van der Waals surface area contributed by atoms with Crippen molar-refractivity contribution >= 4 is 29.2 Å². The maximum absolute atomic E-state index is 13.6. The molecule has 1 heterocycles. The molecular formula is C14H10ClFN2O3. The number of carbonyl (C=O) groups is 2. The van der Waals surface area contributed by atoms with Crippen LogP contribution in [0.25, 0.3) is 0 Å². The number of nitrogens with zero attached hydrogens (tertiary/aromatic N) is 1.